The van der Waals surface area contributed by atoms with Crippen LogP contribution in [0.25, 0.3) is 0 Å². The van der Waals surface area contributed by atoms with Crippen LogP contribution in [0.15, 0.2) is 12.1 Å². The number of rotatable bonds is 3. The van der Waals surface area contributed by atoms with Gasteiger partial charge in [0, 0.05) is 18.8 Å². The Morgan fingerprint density at radius 2 is 2.11 bits per heavy atom. The van der Waals surface area contributed by atoms with Crippen molar-refractivity contribution in [2.45, 2.75) is 26.7 Å². The van der Waals surface area contributed by atoms with E-state index in [1.54, 1.807) is 0 Å². The topological polar surface area (TPSA) is 35.5 Å². The summed E-state index contributed by atoms with van der Waals surface area (Å²) in [4.78, 5) is 2.41. The Kier molecular flexibility index (Phi) is 4.12. The number of hydrogen-bond acceptors (Lipinski definition) is 3. The Bertz CT molecular complexity index is 417. The summed E-state index contributed by atoms with van der Waals surface area (Å²) in [7, 11) is 2.20. The first-order valence-electron chi connectivity index (χ1n) is 6.79. The molecule has 0 radical (unpaired) electrons. The van der Waals surface area contributed by atoms with Gasteiger partial charge in [-0.1, -0.05) is 0 Å². The molecule has 2 N–H and O–H groups in total. The Balaban J connectivity index is 1.95. The van der Waals surface area contributed by atoms with Crippen molar-refractivity contribution in [3.05, 3.63) is 23.3 Å². The number of anilines is 1. The summed E-state index contributed by atoms with van der Waals surface area (Å²) < 4.78 is 0. The van der Waals surface area contributed by atoms with Crippen LogP contribution in [0.4, 0.5) is 5.69 Å². The van der Waals surface area contributed by atoms with Crippen LogP contribution in [0.2, 0.25) is 0 Å². The predicted octanol–water partition coefficient (Wildman–Crippen LogP) is 2.76. The third-order valence-electron chi connectivity index (χ3n) is 3.85. The average Bonchev–Trinajstić information content (AvgIpc) is 2.32. The molecule has 0 aliphatic carbocycles. The van der Waals surface area contributed by atoms with Crippen molar-refractivity contribution in [3.8, 4) is 5.75 Å². The van der Waals surface area contributed by atoms with Crippen molar-refractivity contribution in [1.29, 1.82) is 0 Å². The lowest BCUT2D eigenvalue weighted by Crippen LogP contribution is -2.35. The monoisotopic (exact) mass is 248 g/mol. The first-order chi connectivity index (χ1) is 8.56. The second kappa shape index (κ2) is 5.61. The first kappa shape index (κ1) is 13.2. The van der Waals surface area contributed by atoms with Crippen LogP contribution in [-0.2, 0) is 0 Å². The van der Waals surface area contributed by atoms with Gasteiger partial charge in [-0.15, -0.1) is 0 Å². The normalized spacial score (nSPS) is 20.9. The van der Waals surface area contributed by atoms with Gasteiger partial charge >= 0.3 is 0 Å². The molecule has 1 aromatic carbocycles. The summed E-state index contributed by atoms with van der Waals surface area (Å²) in [5.41, 5.74) is 3.20. The summed E-state index contributed by atoms with van der Waals surface area (Å²) in [6.45, 7) is 7.41. The highest BCUT2D eigenvalue weighted by Crippen LogP contribution is 2.25. The van der Waals surface area contributed by atoms with E-state index in [1.807, 2.05) is 26.0 Å². The molecule has 1 fully saturated rings. The zero-order valence-corrected chi connectivity index (χ0v) is 11.7. The number of benzene rings is 1. The maximum atomic E-state index is 9.64. The van der Waals surface area contributed by atoms with Gasteiger partial charge in [-0.25, -0.2) is 0 Å². The second-order valence-corrected chi connectivity index (χ2v) is 5.61. The minimum Gasteiger partial charge on any atom is -0.508 e. The summed E-state index contributed by atoms with van der Waals surface area (Å²) >= 11 is 0. The Morgan fingerprint density at radius 1 is 1.33 bits per heavy atom. The predicted molar refractivity (Wildman–Crippen MR) is 76.3 cm³/mol. The number of aromatic hydroxyl groups is 1. The number of phenols is 1. The fourth-order valence-electron chi connectivity index (χ4n) is 2.69. The highest BCUT2D eigenvalue weighted by molar-refractivity contribution is 5.56. The van der Waals surface area contributed by atoms with Gasteiger partial charge in [0.1, 0.15) is 5.75 Å². The lowest BCUT2D eigenvalue weighted by atomic mass is 9.98. The Hall–Kier alpha value is -1.22. The minimum absolute atomic E-state index is 0.385. The number of nitrogens with one attached hydrogen (secondary N) is 1. The number of phenolic OH excluding ortho intramolecular Hbond substituents is 1. The van der Waals surface area contributed by atoms with E-state index in [0.717, 1.165) is 29.3 Å². The molecule has 1 aliphatic rings. The summed E-state index contributed by atoms with van der Waals surface area (Å²) in [6, 6.07) is 3.88. The van der Waals surface area contributed by atoms with E-state index in [1.165, 1.54) is 25.9 Å². The van der Waals surface area contributed by atoms with Crippen LogP contribution < -0.4 is 5.32 Å². The van der Waals surface area contributed by atoms with Gasteiger partial charge in [-0.2, -0.15) is 0 Å². The van der Waals surface area contributed by atoms with Gasteiger partial charge in [-0.05, 0) is 69.5 Å². The minimum atomic E-state index is 0.385. The number of likely N-dealkylation sites (tertiary alicyclic amines) is 1. The number of hydrogen-bond donors (Lipinski definition) is 2. The largest absolute Gasteiger partial charge is 0.508 e. The number of nitrogens with zero attached hydrogens (tertiary/aromatic N) is 1. The van der Waals surface area contributed by atoms with Crippen LogP contribution in [0.5, 0.6) is 5.75 Å². The third-order valence-corrected chi connectivity index (χ3v) is 3.85. The van der Waals surface area contributed by atoms with Gasteiger partial charge in [0.2, 0.25) is 0 Å². The van der Waals surface area contributed by atoms with Gasteiger partial charge in [-0.3, -0.25) is 0 Å². The van der Waals surface area contributed by atoms with E-state index in [4.69, 9.17) is 0 Å². The molecule has 1 atom stereocenters. The Morgan fingerprint density at radius 3 is 2.83 bits per heavy atom. The molecule has 3 nitrogen and oxygen atoms in total. The van der Waals surface area contributed by atoms with Crippen molar-refractivity contribution < 1.29 is 5.11 Å². The van der Waals surface area contributed by atoms with E-state index in [-0.39, 0.29) is 0 Å². The smallest absolute Gasteiger partial charge is 0.118 e. The zero-order valence-electron chi connectivity index (χ0n) is 11.7. The van der Waals surface area contributed by atoms with E-state index in [9.17, 15) is 5.11 Å². The molecule has 100 valence electrons. The lowest BCUT2D eigenvalue weighted by molar-refractivity contribution is 0.217. The molecule has 1 saturated heterocycles. The molecular weight excluding hydrogens is 224 g/mol. The SMILES string of the molecule is Cc1cc(NCC2CCCN(C)C2)c(C)cc1O. The average molecular weight is 248 g/mol. The van der Waals surface area contributed by atoms with Gasteiger partial charge in [0.25, 0.3) is 0 Å². The molecule has 18 heavy (non-hydrogen) atoms. The lowest BCUT2D eigenvalue weighted by Gasteiger charge is -2.30. The zero-order chi connectivity index (χ0) is 13.1. The van der Waals surface area contributed by atoms with E-state index >= 15 is 0 Å². The standard InChI is InChI=1S/C15H24N2O/c1-11-8-15(18)12(2)7-14(11)16-9-13-5-4-6-17(3)10-13/h7-8,13,16,18H,4-6,9-10H2,1-3H3. The molecule has 1 aliphatic heterocycles. The highest BCUT2D eigenvalue weighted by atomic mass is 16.3. The Labute approximate surface area is 110 Å². The molecule has 1 unspecified atom stereocenters. The van der Waals surface area contributed by atoms with Crippen LogP contribution in [0, 0.1) is 19.8 Å². The molecule has 1 heterocycles. The van der Waals surface area contributed by atoms with E-state index in [2.05, 4.69) is 17.3 Å². The molecule has 0 spiro atoms. The summed E-state index contributed by atoms with van der Waals surface area (Å²) in [5, 5.41) is 13.2. The maximum absolute atomic E-state index is 9.64. The van der Waals surface area contributed by atoms with Crippen LogP contribution in [0.3, 0.4) is 0 Å². The summed E-state index contributed by atoms with van der Waals surface area (Å²) in [6.07, 6.45) is 2.61. The molecule has 0 aromatic heterocycles. The maximum Gasteiger partial charge on any atom is 0.118 e. The number of piperidine rings is 1. The fourth-order valence-corrected chi connectivity index (χ4v) is 2.69. The van der Waals surface area contributed by atoms with Gasteiger partial charge in [0.05, 0.1) is 0 Å². The van der Waals surface area contributed by atoms with Gasteiger partial charge < -0.3 is 15.3 Å². The third kappa shape index (κ3) is 3.16. The molecule has 0 saturated carbocycles. The van der Waals surface area contributed by atoms with Gasteiger partial charge in [0.15, 0.2) is 0 Å². The first-order valence-corrected chi connectivity index (χ1v) is 6.79. The molecular formula is C15H24N2O. The molecule has 2 rings (SSSR count). The molecule has 3 heteroatoms. The van der Waals surface area contributed by atoms with Crippen molar-refractivity contribution >= 4 is 5.69 Å². The quantitative estimate of drug-likeness (QED) is 0.807. The molecule has 0 bridgehead atoms. The van der Waals surface area contributed by atoms with Crippen molar-refractivity contribution in [3.63, 3.8) is 0 Å². The second-order valence-electron chi connectivity index (χ2n) is 5.61. The van der Waals surface area contributed by atoms with Crippen LogP contribution in [0.1, 0.15) is 24.0 Å². The van der Waals surface area contributed by atoms with Crippen molar-refractivity contribution in [2.24, 2.45) is 5.92 Å². The van der Waals surface area contributed by atoms with E-state index < -0.39 is 0 Å². The van der Waals surface area contributed by atoms with Crippen molar-refractivity contribution in [2.75, 3.05) is 32.0 Å². The molecule has 1 aromatic rings. The van der Waals surface area contributed by atoms with Crippen LogP contribution >= 0.6 is 0 Å². The fraction of sp³-hybridized carbons (Fsp3) is 0.600. The number of aryl methyl sites for hydroxylation is 2. The van der Waals surface area contributed by atoms with E-state index in [0.29, 0.717) is 5.75 Å². The van der Waals surface area contributed by atoms with Crippen molar-refractivity contribution in [1.82, 2.24) is 4.90 Å². The molecule has 0 amide bonds. The highest BCUT2D eigenvalue weighted by Gasteiger charge is 2.17. The van der Waals surface area contributed by atoms with Crippen LogP contribution in [-0.4, -0.2) is 36.7 Å². The summed E-state index contributed by atoms with van der Waals surface area (Å²) in [5.74, 6) is 1.12.